The molecular weight excluding hydrogens is 404 g/mol. The molecule has 0 saturated carbocycles. The third-order valence-electron chi connectivity index (χ3n) is 5.61. The zero-order valence-electron chi connectivity index (χ0n) is 16.8. The van der Waals surface area contributed by atoms with E-state index in [9.17, 15) is 9.59 Å². The van der Waals surface area contributed by atoms with Crippen molar-refractivity contribution in [2.45, 2.75) is 33.6 Å². The molecule has 0 unspecified atom stereocenters. The van der Waals surface area contributed by atoms with E-state index in [-0.39, 0.29) is 11.5 Å². The van der Waals surface area contributed by atoms with Gasteiger partial charge in [-0.25, -0.2) is 4.98 Å². The molecule has 4 rings (SSSR count). The predicted molar refractivity (Wildman–Crippen MR) is 122 cm³/mol. The number of rotatable bonds is 3. The predicted octanol–water partition coefficient (Wildman–Crippen LogP) is 3.46. The molecule has 29 heavy (non-hydrogen) atoms. The maximum Gasteiger partial charge on any atom is 0.267 e. The molecule has 2 saturated heterocycles. The first-order valence-electron chi connectivity index (χ1n) is 9.93. The van der Waals surface area contributed by atoms with Crippen molar-refractivity contribution in [3.63, 3.8) is 0 Å². The summed E-state index contributed by atoms with van der Waals surface area (Å²) in [7, 11) is 0. The minimum atomic E-state index is -0.158. The summed E-state index contributed by atoms with van der Waals surface area (Å²) in [5.41, 5.74) is 1.90. The lowest BCUT2D eigenvalue weighted by Gasteiger charge is -2.32. The highest BCUT2D eigenvalue weighted by Gasteiger charge is 2.32. The van der Waals surface area contributed by atoms with Crippen molar-refractivity contribution >= 4 is 51.7 Å². The lowest BCUT2D eigenvalue weighted by atomic mass is 9.99. The van der Waals surface area contributed by atoms with Crippen molar-refractivity contribution in [3.05, 3.63) is 44.7 Å². The maximum absolute atomic E-state index is 13.4. The number of aromatic nitrogens is 2. The normalized spacial score (nSPS) is 19.8. The molecule has 0 atom stereocenters. The van der Waals surface area contributed by atoms with Crippen LogP contribution in [0.1, 0.15) is 37.8 Å². The Kier molecular flexibility index (Phi) is 5.48. The highest BCUT2D eigenvalue weighted by molar-refractivity contribution is 8.26. The zero-order valence-corrected chi connectivity index (χ0v) is 18.5. The first kappa shape index (κ1) is 20.1. The van der Waals surface area contributed by atoms with Crippen molar-refractivity contribution in [1.82, 2.24) is 14.3 Å². The van der Waals surface area contributed by atoms with E-state index in [1.54, 1.807) is 21.6 Å². The molecule has 152 valence electrons. The van der Waals surface area contributed by atoms with Crippen LogP contribution in [0.3, 0.4) is 0 Å². The molecule has 2 aliphatic heterocycles. The average Bonchev–Trinajstić information content (AvgIpc) is 2.97. The van der Waals surface area contributed by atoms with Crippen LogP contribution in [0, 0.1) is 12.8 Å². The number of pyridine rings is 1. The topological polar surface area (TPSA) is 57.9 Å². The number of hydrogen-bond donors (Lipinski definition) is 0. The van der Waals surface area contributed by atoms with E-state index in [0.29, 0.717) is 38.7 Å². The van der Waals surface area contributed by atoms with E-state index in [4.69, 9.17) is 17.2 Å². The summed E-state index contributed by atoms with van der Waals surface area (Å²) in [5.74, 6) is 1.19. The highest BCUT2D eigenvalue weighted by Crippen LogP contribution is 2.34. The fourth-order valence-corrected chi connectivity index (χ4v) is 5.16. The van der Waals surface area contributed by atoms with Gasteiger partial charge in [-0.05, 0) is 50.3 Å². The molecule has 2 aromatic rings. The van der Waals surface area contributed by atoms with Crippen LogP contribution in [-0.4, -0.2) is 44.1 Å². The van der Waals surface area contributed by atoms with Crippen LogP contribution in [0.2, 0.25) is 0 Å². The van der Waals surface area contributed by atoms with Gasteiger partial charge in [-0.2, -0.15) is 0 Å². The van der Waals surface area contributed by atoms with E-state index < -0.39 is 0 Å². The Morgan fingerprint density at radius 1 is 1.31 bits per heavy atom. The molecular formula is C21H24N4O2S2. The minimum Gasteiger partial charge on any atom is -0.356 e. The van der Waals surface area contributed by atoms with E-state index in [2.05, 4.69) is 11.8 Å². The number of piperidine rings is 1. The van der Waals surface area contributed by atoms with Crippen molar-refractivity contribution in [3.8, 4) is 0 Å². The van der Waals surface area contributed by atoms with Crippen LogP contribution in [0.5, 0.6) is 0 Å². The number of thiocarbonyl (C=S) groups is 1. The first-order valence-corrected chi connectivity index (χ1v) is 11.2. The van der Waals surface area contributed by atoms with Gasteiger partial charge in [-0.15, -0.1) is 0 Å². The summed E-state index contributed by atoms with van der Waals surface area (Å²) in [6, 6.07) is 3.80. The molecule has 2 aromatic heterocycles. The molecule has 0 spiro atoms. The number of nitrogens with zero attached hydrogens (tertiary/aromatic N) is 4. The van der Waals surface area contributed by atoms with Crippen LogP contribution in [0.15, 0.2) is 28.0 Å². The summed E-state index contributed by atoms with van der Waals surface area (Å²) >= 11 is 6.57. The third-order valence-corrected chi connectivity index (χ3v) is 6.99. The molecule has 0 bridgehead atoms. The molecule has 4 heterocycles. The maximum atomic E-state index is 13.4. The smallest absolute Gasteiger partial charge is 0.267 e. The third kappa shape index (κ3) is 3.59. The molecule has 1 amide bonds. The van der Waals surface area contributed by atoms with Gasteiger partial charge in [-0.1, -0.05) is 37.0 Å². The molecule has 8 heteroatoms. The Bertz CT molecular complexity index is 1080. The van der Waals surface area contributed by atoms with E-state index in [1.165, 1.54) is 11.8 Å². The molecule has 0 aromatic carbocycles. The quantitative estimate of drug-likeness (QED) is 0.551. The SMILES string of the molecule is CCN1C(=O)C(=Cc2c(N3CCC(C)CC3)nc3c(C)cccn3c2=O)SC1=S. The summed E-state index contributed by atoms with van der Waals surface area (Å²) in [6.45, 7) is 8.33. The lowest BCUT2D eigenvalue weighted by molar-refractivity contribution is -0.121. The molecule has 2 fully saturated rings. The fraction of sp³-hybridized carbons (Fsp3) is 0.429. The summed E-state index contributed by atoms with van der Waals surface area (Å²) in [6.07, 6.45) is 5.54. The Balaban J connectivity index is 1.90. The van der Waals surface area contributed by atoms with Gasteiger partial charge >= 0.3 is 0 Å². The van der Waals surface area contributed by atoms with Gasteiger partial charge in [0.05, 0.1) is 10.5 Å². The lowest BCUT2D eigenvalue weighted by Crippen LogP contribution is -2.36. The van der Waals surface area contributed by atoms with Crippen LogP contribution < -0.4 is 10.5 Å². The monoisotopic (exact) mass is 428 g/mol. The van der Waals surface area contributed by atoms with E-state index in [1.807, 2.05) is 26.0 Å². The largest absolute Gasteiger partial charge is 0.356 e. The van der Waals surface area contributed by atoms with Crippen LogP contribution in [-0.2, 0) is 4.79 Å². The standard InChI is InChI=1S/C21H24N4O2S2/c1-4-24-20(27)16(29-21(24)28)12-15-18(23-10-7-13(2)8-11-23)22-17-14(3)6-5-9-25(17)19(15)26/h5-6,9,12-13H,4,7-8,10-11H2,1-3H3. The van der Waals surface area contributed by atoms with Crippen molar-refractivity contribution < 1.29 is 4.79 Å². The molecule has 6 nitrogen and oxygen atoms in total. The minimum absolute atomic E-state index is 0.144. The summed E-state index contributed by atoms with van der Waals surface area (Å²) < 4.78 is 2.10. The second-order valence-electron chi connectivity index (χ2n) is 7.63. The number of amides is 1. The average molecular weight is 429 g/mol. The van der Waals surface area contributed by atoms with E-state index >= 15 is 0 Å². The number of aryl methyl sites for hydroxylation is 1. The van der Waals surface area contributed by atoms with Gasteiger partial charge in [0.1, 0.15) is 15.8 Å². The van der Waals surface area contributed by atoms with Gasteiger partial charge in [0.15, 0.2) is 0 Å². The fourth-order valence-electron chi connectivity index (χ4n) is 3.79. The second kappa shape index (κ2) is 7.91. The molecule has 0 N–H and O–H groups in total. The number of carbonyl (C=O) groups excluding carboxylic acids is 1. The van der Waals surface area contributed by atoms with Crippen LogP contribution in [0.4, 0.5) is 5.82 Å². The second-order valence-corrected chi connectivity index (χ2v) is 9.31. The van der Waals surface area contributed by atoms with Crippen molar-refractivity contribution in [2.24, 2.45) is 5.92 Å². The molecule has 0 radical (unpaired) electrons. The number of likely N-dealkylation sites (N-methyl/N-ethyl adjacent to an activating group) is 1. The Hall–Kier alpha value is -2.19. The van der Waals surface area contributed by atoms with Crippen LogP contribution in [0.25, 0.3) is 11.7 Å². The van der Waals surface area contributed by atoms with E-state index in [0.717, 1.165) is 31.5 Å². The first-order chi connectivity index (χ1) is 13.9. The van der Waals surface area contributed by atoms with Gasteiger partial charge in [0, 0.05) is 25.8 Å². The Labute approximate surface area is 179 Å². The highest BCUT2D eigenvalue weighted by atomic mass is 32.2. The summed E-state index contributed by atoms with van der Waals surface area (Å²) in [4.78, 5) is 35.2. The zero-order chi connectivity index (χ0) is 20.7. The van der Waals surface area contributed by atoms with Gasteiger partial charge in [0.25, 0.3) is 11.5 Å². The summed E-state index contributed by atoms with van der Waals surface area (Å²) in [5, 5.41) is 0. The van der Waals surface area contributed by atoms with Crippen molar-refractivity contribution in [2.75, 3.05) is 24.5 Å². The number of hydrogen-bond acceptors (Lipinski definition) is 6. The number of carbonyl (C=O) groups is 1. The number of fused-ring (bicyclic) bond motifs is 1. The number of thioether (sulfide) groups is 1. The van der Waals surface area contributed by atoms with Gasteiger partial charge in [-0.3, -0.25) is 18.9 Å². The molecule has 2 aliphatic rings. The number of anilines is 1. The Morgan fingerprint density at radius 3 is 2.69 bits per heavy atom. The van der Waals surface area contributed by atoms with Gasteiger partial charge in [0.2, 0.25) is 0 Å². The Morgan fingerprint density at radius 2 is 2.03 bits per heavy atom. The van der Waals surface area contributed by atoms with Crippen LogP contribution >= 0.6 is 24.0 Å². The van der Waals surface area contributed by atoms with Gasteiger partial charge < -0.3 is 4.90 Å². The van der Waals surface area contributed by atoms with Crippen molar-refractivity contribution in [1.29, 1.82) is 0 Å². The molecule has 0 aliphatic carbocycles.